The Morgan fingerprint density at radius 3 is 2.02 bits per heavy atom. The van der Waals surface area contributed by atoms with Crippen molar-refractivity contribution in [2.24, 2.45) is 0 Å². The highest BCUT2D eigenvalue weighted by molar-refractivity contribution is 6.29. The molecule has 0 aliphatic heterocycles. The van der Waals surface area contributed by atoms with E-state index in [1.165, 1.54) is 43.5 Å². The molecule has 9 rings (SSSR count). The molecule has 192 valence electrons. The Hall–Kier alpha value is -5.61. The Balaban J connectivity index is 1.42. The van der Waals surface area contributed by atoms with Crippen LogP contribution in [0.3, 0.4) is 0 Å². The third-order valence-corrected chi connectivity index (χ3v) is 8.25. The molecule has 4 heteroatoms. The quantitative estimate of drug-likeness (QED) is 0.211. The van der Waals surface area contributed by atoms with Gasteiger partial charge in [-0.05, 0) is 47.9 Å². The Morgan fingerprint density at radius 2 is 1.24 bits per heavy atom. The van der Waals surface area contributed by atoms with Gasteiger partial charge >= 0.3 is 0 Å². The van der Waals surface area contributed by atoms with Crippen LogP contribution in [-0.2, 0) is 0 Å². The molecule has 6 aromatic carbocycles. The predicted molar refractivity (Wildman–Crippen MR) is 169 cm³/mol. The normalized spacial score (nSPS) is 11.9. The highest BCUT2D eigenvalue weighted by Gasteiger charge is 2.23. The van der Waals surface area contributed by atoms with Crippen LogP contribution in [0.1, 0.15) is 0 Å². The van der Waals surface area contributed by atoms with Crippen LogP contribution in [0.15, 0.2) is 146 Å². The maximum Gasteiger partial charge on any atom is 0.142 e. The number of rotatable bonds is 4. The standard InChI is InChI=1S/C37H24N4/c1-4-11-25(12-5-1)31-24-34(41(38-31)29-16-8-3-9-17-29)40-32-18-10-13-26-19-20-30-36(35(26)32)33(40)23-27-21-22-39(37(27)30)28-14-6-2-7-15-28/h1-24H. The molecule has 0 fully saturated rings. The summed E-state index contributed by atoms with van der Waals surface area (Å²) in [6, 6.07) is 49.4. The molecule has 0 atom stereocenters. The van der Waals surface area contributed by atoms with E-state index >= 15 is 0 Å². The smallest absolute Gasteiger partial charge is 0.142 e. The molecule has 0 amide bonds. The second-order valence-corrected chi connectivity index (χ2v) is 10.6. The number of hydrogen-bond acceptors (Lipinski definition) is 1. The molecule has 0 aliphatic rings. The molecular weight excluding hydrogens is 500 g/mol. The van der Waals surface area contributed by atoms with Gasteiger partial charge in [-0.3, -0.25) is 4.57 Å². The first kappa shape index (κ1) is 22.2. The van der Waals surface area contributed by atoms with Crippen LogP contribution in [0.5, 0.6) is 0 Å². The van der Waals surface area contributed by atoms with Gasteiger partial charge in [0.1, 0.15) is 5.82 Å². The Bertz CT molecular complexity index is 2340. The summed E-state index contributed by atoms with van der Waals surface area (Å²) in [6.07, 6.45) is 2.19. The first-order chi connectivity index (χ1) is 20.3. The van der Waals surface area contributed by atoms with E-state index in [-0.39, 0.29) is 0 Å². The molecule has 0 aliphatic carbocycles. The highest BCUT2D eigenvalue weighted by Crippen LogP contribution is 2.43. The maximum absolute atomic E-state index is 5.16. The van der Waals surface area contributed by atoms with E-state index in [1.807, 2.05) is 12.1 Å². The fourth-order valence-electron chi connectivity index (χ4n) is 6.47. The molecule has 0 N–H and O–H groups in total. The van der Waals surface area contributed by atoms with Gasteiger partial charge < -0.3 is 4.57 Å². The molecule has 3 aromatic heterocycles. The third-order valence-electron chi connectivity index (χ3n) is 8.25. The Kier molecular flexibility index (Phi) is 4.58. The third kappa shape index (κ3) is 3.19. The molecule has 0 unspecified atom stereocenters. The molecule has 9 aromatic rings. The van der Waals surface area contributed by atoms with E-state index in [9.17, 15) is 0 Å². The summed E-state index contributed by atoms with van der Waals surface area (Å²) in [5.74, 6) is 1.02. The summed E-state index contributed by atoms with van der Waals surface area (Å²) in [5, 5.41) is 11.4. The number of hydrogen-bond donors (Lipinski definition) is 0. The fourth-order valence-corrected chi connectivity index (χ4v) is 6.47. The summed E-state index contributed by atoms with van der Waals surface area (Å²) < 4.78 is 6.79. The van der Waals surface area contributed by atoms with Crippen molar-refractivity contribution in [1.29, 1.82) is 0 Å². The number of nitrogens with zero attached hydrogens (tertiary/aromatic N) is 4. The molecular formula is C37H24N4. The average molecular weight is 525 g/mol. The van der Waals surface area contributed by atoms with Gasteiger partial charge in [-0.15, -0.1) is 0 Å². The second-order valence-electron chi connectivity index (χ2n) is 10.6. The summed E-state index contributed by atoms with van der Waals surface area (Å²) >= 11 is 0. The van der Waals surface area contributed by atoms with Gasteiger partial charge in [0.05, 0.1) is 27.9 Å². The van der Waals surface area contributed by atoms with E-state index in [0.717, 1.165) is 28.5 Å². The van der Waals surface area contributed by atoms with E-state index in [4.69, 9.17) is 5.10 Å². The average Bonchev–Trinajstić information content (AvgIpc) is 3.76. The number of aromatic nitrogens is 4. The van der Waals surface area contributed by atoms with Gasteiger partial charge in [-0.2, -0.15) is 5.10 Å². The van der Waals surface area contributed by atoms with E-state index < -0.39 is 0 Å². The zero-order valence-corrected chi connectivity index (χ0v) is 22.1. The Morgan fingerprint density at radius 1 is 0.512 bits per heavy atom. The van der Waals surface area contributed by atoms with Gasteiger partial charge in [0.2, 0.25) is 0 Å². The molecule has 41 heavy (non-hydrogen) atoms. The highest BCUT2D eigenvalue weighted by atomic mass is 15.3. The van der Waals surface area contributed by atoms with Gasteiger partial charge in [0, 0.05) is 45.1 Å². The van der Waals surface area contributed by atoms with Gasteiger partial charge in [0.25, 0.3) is 0 Å². The van der Waals surface area contributed by atoms with Crippen molar-refractivity contribution in [3.05, 3.63) is 146 Å². The van der Waals surface area contributed by atoms with Gasteiger partial charge in [-0.25, -0.2) is 4.68 Å². The lowest BCUT2D eigenvalue weighted by Crippen LogP contribution is -2.05. The van der Waals surface area contributed by atoms with Crippen LogP contribution in [0.4, 0.5) is 0 Å². The van der Waals surface area contributed by atoms with E-state index in [0.29, 0.717) is 0 Å². The minimum Gasteiger partial charge on any atom is -0.316 e. The summed E-state index contributed by atoms with van der Waals surface area (Å²) in [6.45, 7) is 0. The van der Waals surface area contributed by atoms with Crippen LogP contribution >= 0.6 is 0 Å². The van der Waals surface area contributed by atoms with Crippen molar-refractivity contribution in [2.45, 2.75) is 0 Å². The molecule has 4 nitrogen and oxygen atoms in total. The van der Waals surface area contributed by atoms with E-state index in [1.54, 1.807) is 0 Å². The SMILES string of the molecule is c1ccc(-c2cc(-n3c4cccc5ccc6c(c54)c3cc3ccn(-c4ccccc4)c36)n(-c3ccccc3)n2)cc1. The molecule has 0 bridgehead atoms. The minimum atomic E-state index is 0.945. The molecule has 0 spiro atoms. The summed E-state index contributed by atoms with van der Waals surface area (Å²) in [4.78, 5) is 0. The van der Waals surface area contributed by atoms with Crippen molar-refractivity contribution in [2.75, 3.05) is 0 Å². The lowest BCUT2D eigenvalue weighted by molar-refractivity contribution is 0.843. The minimum absolute atomic E-state index is 0.945. The van der Waals surface area contributed by atoms with Crippen LogP contribution in [0, 0.1) is 0 Å². The van der Waals surface area contributed by atoms with Crippen molar-refractivity contribution >= 4 is 43.5 Å². The zero-order valence-electron chi connectivity index (χ0n) is 22.1. The first-order valence-electron chi connectivity index (χ1n) is 13.9. The lowest BCUT2D eigenvalue weighted by atomic mass is 10.0. The van der Waals surface area contributed by atoms with Crippen LogP contribution in [0.2, 0.25) is 0 Å². The Labute approximate surface area is 236 Å². The van der Waals surface area contributed by atoms with Crippen LogP contribution in [0.25, 0.3) is 71.9 Å². The second kappa shape index (κ2) is 8.44. The predicted octanol–water partition coefficient (Wildman–Crippen LogP) is 9.17. The van der Waals surface area contributed by atoms with Crippen molar-refractivity contribution < 1.29 is 0 Å². The molecule has 0 saturated carbocycles. The van der Waals surface area contributed by atoms with Crippen molar-refractivity contribution in [3.8, 4) is 28.5 Å². The topological polar surface area (TPSA) is 27.7 Å². The van der Waals surface area contributed by atoms with Gasteiger partial charge in [0.15, 0.2) is 0 Å². The van der Waals surface area contributed by atoms with Crippen LogP contribution in [-0.4, -0.2) is 18.9 Å². The van der Waals surface area contributed by atoms with Crippen molar-refractivity contribution in [3.63, 3.8) is 0 Å². The largest absolute Gasteiger partial charge is 0.316 e. The van der Waals surface area contributed by atoms with E-state index in [2.05, 4.69) is 147 Å². The summed E-state index contributed by atoms with van der Waals surface area (Å²) in [5.41, 5.74) is 7.82. The van der Waals surface area contributed by atoms with Crippen LogP contribution < -0.4 is 0 Å². The zero-order chi connectivity index (χ0) is 26.9. The van der Waals surface area contributed by atoms with Gasteiger partial charge in [-0.1, -0.05) is 91.0 Å². The fraction of sp³-hybridized carbons (Fsp3) is 0. The molecule has 0 saturated heterocycles. The number of fused-ring (bicyclic) bond motifs is 2. The lowest BCUT2D eigenvalue weighted by Gasteiger charge is -2.12. The number of benzene rings is 6. The monoisotopic (exact) mass is 524 g/mol. The molecule has 0 radical (unpaired) electrons. The van der Waals surface area contributed by atoms with Crippen molar-refractivity contribution in [1.82, 2.24) is 18.9 Å². The summed E-state index contributed by atoms with van der Waals surface area (Å²) in [7, 11) is 0. The molecule has 3 heterocycles. The first-order valence-corrected chi connectivity index (χ1v) is 13.9. The maximum atomic E-state index is 5.16. The number of para-hydroxylation sites is 2.